The van der Waals surface area contributed by atoms with Gasteiger partial charge in [-0.05, 0) is 34.6 Å². The number of amides is 1. The average molecular weight is 658 g/mol. The summed E-state index contributed by atoms with van der Waals surface area (Å²) in [7, 11) is 1.47. The highest BCUT2D eigenvalue weighted by molar-refractivity contribution is 5.84. The van der Waals surface area contributed by atoms with Crippen LogP contribution in [-0.2, 0) is 61.6 Å². The van der Waals surface area contributed by atoms with Crippen LogP contribution in [0, 0.1) is 0 Å². The van der Waals surface area contributed by atoms with E-state index in [2.05, 4.69) is 5.32 Å². The molecule has 0 rings (SSSR count). The molecule has 0 saturated carbocycles. The van der Waals surface area contributed by atoms with Crippen molar-refractivity contribution >= 4 is 36.7 Å². The van der Waals surface area contributed by atoms with Gasteiger partial charge in [0.05, 0.1) is 52.9 Å². The van der Waals surface area contributed by atoms with E-state index in [4.69, 9.17) is 56.8 Å². The highest BCUT2D eigenvalue weighted by Crippen LogP contribution is 2.22. The van der Waals surface area contributed by atoms with Gasteiger partial charge in [0.2, 0.25) is 6.10 Å². The van der Waals surface area contributed by atoms with Gasteiger partial charge in [-0.25, -0.2) is 24.0 Å². The van der Waals surface area contributed by atoms with Gasteiger partial charge in [-0.15, -0.1) is 0 Å². The van der Waals surface area contributed by atoms with Gasteiger partial charge >= 0.3 is 30.8 Å². The fourth-order valence-electron chi connectivity index (χ4n) is 3.08. The van der Waals surface area contributed by atoms with E-state index in [0.29, 0.717) is 0 Å². The number of hydrogen-bond donors (Lipinski definition) is 1. The second-order valence-corrected chi connectivity index (χ2v) is 7.98. The summed E-state index contributed by atoms with van der Waals surface area (Å²) in [5, 5.41) is 2.41. The molecular formula is C26H43NO18. The molecule has 0 aliphatic heterocycles. The minimum Gasteiger partial charge on any atom is -0.435 e. The Kier molecular flexibility index (Phi) is 22.7. The Labute approximate surface area is 260 Å². The Hall–Kier alpha value is -4.26. The van der Waals surface area contributed by atoms with Crippen LogP contribution in [0.25, 0.3) is 0 Å². The molecule has 1 N–H and O–H groups in total. The van der Waals surface area contributed by atoms with Crippen molar-refractivity contribution in [2.75, 3.05) is 73.1 Å². The number of methoxy groups -OCH3 is 1. The number of carbonyl (C=O) groups excluding carboxylic acids is 6. The van der Waals surface area contributed by atoms with Crippen molar-refractivity contribution in [2.24, 2.45) is 0 Å². The predicted octanol–water partition coefficient (Wildman–Crippen LogP) is 2.11. The summed E-state index contributed by atoms with van der Waals surface area (Å²) in [6, 6.07) is 0. The molecule has 19 nitrogen and oxygen atoms in total. The van der Waals surface area contributed by atoms with Crippen LogP contribution in [0.3, 0.4) is 0 Å². The zero-order valence-electron chi connectivity index (χ0n) is 26.2. The van der Waals surface area contributed by atoms with Crippen molar-refractivity contribution in [3.05, 3.63) is 0 Å². The van der Waals surface area contributed by atoms with Gasteiger partial charge in [0.25, 0.3) is 5.91 Å². The van der Waals surface area contributed by atoms with Crippen molar-refractivity contribution in [3.8, 4) is 0 Å². The number of nitrogens with one attached hydrogen (secondary N) is 1. The van der Waals surface area contributed by atoms with Crippen LogP contribution in [0.4, 0.5) is 24.0 Å². The third-order valence-corrected chi connectivity index (χ3v) is 4.84. The van der Waals surface area contributed by atoms with Gasteiger partial charge in [0, 0.05) is 13.7 Å². The van der Waals surface area contributed by atoms with Crippen molar-refractivity contribution < 1.29 is 85.6 Å². The molecule has 0 saturated heterocycles. The minimum absolute atomic E-state index is 0.0185. The molecule has 4 unspecified atom stereocenters. The second kappa shape index (κ2) is 25.1. The molecule has 0 aliphatic rings. The van der Waals surface area contributed by atoms with E-state index in [0.717, 1.165) is 0 Å². The zero-order chi connectivity index (χ0) is 34.0. The van der Waals surface area contributed by atoms with E-state index < -0.39 is 67.7 Å². The van der Waals surface area contributed by atoms with E-state index in [1.807, 2.05) is 0 Å². The maximum Gasteiger partial charge on any atom is 0.509 e. The summed E-state index contributed by atoms with van der Waals surface area (Å²) in [6.07, 6.45) is -15.1. The first-order valence-electron chi connectivity index (χ1n) is 14.1. The quantitative estimate of drug-likeness (QED) is 0.106. The highest BCUT2D eigenvalue weighted by atomic mass is 16.8. The van der Waals surface area contributed by atoms with Gasteiger partial charge in [-0.1, -0.05) is 0 Å². The monoisotopic (exact) mass is 657 g/mol. The summed E-state index contributed by atoms with van der Waals surface area (Å²) in [5.41, 5.74) is 0. The first-order valence-corrected chi connectivity index (χ1v) is 14.1. The molecule has 0 aliphatic carbocycles. The number of rotatable bonds is 21. The molecule has 0 radical (unpaired) electrons. The molecule has 0 aromatic heterocycles. The van der Waals surface area contributed by atoms with Crippen molar-refractivity contribution in [2.45, 2.75) is 59.0 Å². The van der Waals surface area contributed by atoms with Gasteiger partial charge in [0.1, 0.15) is 6.61 Å². The normalized spacial score (nSPS) is 13.0. The van der Waals surface area contributed by atoms with Crippen LogP contribution in [-0.4, -0.2) is 134 Å². The Morgan fingerprint density at radius 3 is 1.51 bits per heavy atom. The Balaban J connectivity index is 6.85. The van der Waals surface area contributed by atoms with Crippen molar-refractivity contribution in [1.82, 2.24) is 5.32 Å². The summed E-state index contributed by atoms with van der Waals surface area (Å²) >= 11 is 0. The van der Waals surface area contributed by atoms with Crippen LogP contribution in [0.2, 0.25) is 0 Å². The molecule has 19 heteroatoms. The number of ether oxygens (including phenoxy) is 12. The molecule has 0 bridgehead atoms. The molecule has 0 heterocycles. The maximum absolute atomic E-state index is 13.4. The molecule has 1 amide bonds. The largest absolute Gasteiger partial charge is 0.509 e. The van der Waals surface area contributed by atoms with Crippen LogP contribution in [0.15, 0.2) is 0 Å². The zero-order valence-corrected chi connectivity index (χ0v) is 26.2. The van der Waals surface area contributed by atoms with E-state index >= 15 is 0 Å². The lowest BCUT2D eigenvalue weighted by molar-refractivity contribution is -0.163. The molecule has 45 heavy (non-hydrogen) atoms. The lowest BCUT2D eigenvalue weighted by Crippen LogP contribution is -2.57. The van der Waals surface area contributed by atoms with Crippen LogP contribution in [0.1, 0.15) is 34.6 Å². The third kappa shape index (κ3) is 18.2. The topological polar surface area (TPSA) is 225 Å². The predicted molar refractivity (Wildman–Crippen MR) is 146 cm³/mol. The van der Waals surface area contributed by atoms with Crippen LogP contribution in [0.5, 0.6) is 0 Å². The lowest BCUT2D eigenvalue weighted by atomic mass is 10.0. The number of hydrogen-bond acceptors (Lipinski definition) is 18. The van der Waals surface area contributed by atoms with Gasteiger partial charge in [-0.2, -0.15) is 0 Å². The summed E-state index contributed by atoms with van der Waals surface area (Å²) < 4.78 is 60.0. The summed E-state index contributed by atoms with van der Waals surface area (Å²) in [6.45, 7) is 5.81. The standard InChI is InChI=1S/C26H43NO18/c1-7-36-22(29)41-16-17(42-23(30)37-8-2)18(43-24(31)38-9-3)19(44-25(32)39-10-4)20(45-26(33)40-11-5)21(28)27-12-13-35-15-14-34-6/h17-20H,7-16H2,1-6H3,(H,27,28). The Bertz CT molecular complexity index is 899. The van der Waals surface area contributed by atoms with Gasteiger partial charge in [-0.3, -0.25) is 4.79 Å². The van der Waals surface area contributed by atoms with E-state index in [1.54, 1.807) is 0 Å². The molecule has 0 aromatic rings. The van der Waals surface area contributed by atoms with E-state index in [1.165, 1.54) is 41.7 Å². The number of carbonyl (C=O) groups is 6. The third-order valence-electron chi connectivity index (χ3n) is 4.84. The highest BCUT2D eigenvalue weighted by Gasteiger charge is 2.49. The van der Waals surface area contributed by atoms with Crippen molar-refractivity contribution in [1.29, 1.82) is 0 Å². The average Bonchev–Trinajstić information content (AvgIpc) is 2.98. The van der Waals surface area contributed by atoms with Crippen LogP contribution < -0.4 is 5.32 Å². The smallest absolute Gasteiger partial charge is 0.435 e. The molecule has 0 aromatic carbocycles. The summed E-state index contributed by atoms with van der Waals surface area (Å²) in [4.78, 5) is 75.3. The van der Waals surface area contributed by atoms with Gasteiger partial charge < -0.3 is 62.2 Å². The second-order valence-electron chi connectivity index (χ2n) is 7.98. The maximum atomic E-state index is 13.4. The Morgan fingerprint density at radius 1 is 0.533 bits per heavy atom. The van der Waals surface area contributed by atoms with E-state index in [-0.39, 0.29) is 59.4 Å². The van der Waals surface area contributed by atoms with E-state index in [9.17, 15) is 28.8 Å². The first kappa shape index (κ1) is 40.7. The fraction of sp³-hybridized carbons (Fsp3) is 0.769. The Morgan fingerprint density at radius 2 is 1.00 bits per heavy atom. The lowest BCUT2D eigenvalue weighted by Gasteiger charge is -2.34. The molecular weight excluding hydrogens is 614 g/mol. The minimum atomic E-state index is -2.16. The summed E-state index contributed by atoms with van der Waals surface area (Å²) in [5.74, 6) is -1.11. The molecule has 260 valence electrons. The molecule has 0 spiro atoms. The fourth-order valence-corrected chi connectivity index (χ4v) is 3.08. The van der Waals surface area contributed by atoms with Crippen LogP contribution >= 0.6 is 0 Å². The SMILES string of the molecule is CCOC(=O)OCC(OC(=O)OCC)C(OC(=O)OCC)C(OC(=O)OCC)C(OC(=O)OCC)C(=O)NCCOCCOC. The molecule has 0 fully saturated rings. The molecule has 4 atom stereocenters. The van der Waals surface area contributed by atoms with Gasteiger partial charge in [0.15, 0.2) is 18.3 Å². The van der Waals surface area contributed by atoms with Crippen molar-refractivity contribution in [3.63, 3.8) is 0 Å². The first-order chi connectivity index (χ1) is 21.6.